The zero-order valence-corrected chi connectivity index (χ0v) is 15.2. The highest BCUT2D eigenvalue weighted by atomic mass is 32.1. The molecule has 2 unspecified atom stereocenters. The molecule has 2 aromatic rings. The molecule has 1 aliphatic rings. The van der Waals surface area contributed by atoms with Gasteiger partial charge >= 0.3 is 5.97 Å². The van der Waals surface area contributed by atoms with E-state index >= 15 is 0 Å². The average molecular weight is 358 g/mol. The molecule has 1 heterocycles. The summed E-state index contributed by atoms with van der Waals surface area (Å²) >= 11 is 1.37. The number of carboxylic acid groups (broad SMARTS) is 1. The zero-order valence-electron chi connectivity index (χ0n) is 14.4. The van der Waals surface area contributed by atoms with Gasteiger partial charge in [-0.1, -0.05) is 36.6 Å². The molecule has 6 heteroatoms. The highest BCUT2D eigenvalue weighted by molar-refractivity contribution is 7.14. The van der Waals surface area contributed by atoms with Gasteiger partial charge in [0, 0.05) is 10.9 Å². The molecule has 3 rings (SSSR count). The lowest BCUT2D eigenvalue weighted by Crippen LogP contribution is -2.36. The minimum Gasteiger partial charge on any atom is -0.481 e. The average Bonchev–Trinajstić information content (AvgIpc) is 3.02. The third-order valence-electron chi connectivity index (χ3n) is 4.81. The number of hydrogen-bond donors (Lipinski definition) is 2. The number of hydrogen-bond acceptors (Lipinski definition) is 4. The number of aliphatic carboxylic acids is 1. The molecule has 1 saturated carbocycles. The van der Waals surface area contributed by atoms with Crippen LogP contribution in [0.5, 0.6) is 0 Å². The van der Waals surface area contributed by atoms with E-state index in [2.05, 4.69) is 16.4 Å². The second kappa shape index (κ2) is 7.35. The lowest BCUT2D eigenvalue weighted by molar-refractivity contribution is -0.147. The molecular formula is C19H22N2O3S. The summed E-state index contributed by atoms with van der Waals surface area (Å²) in [5.41, 5.74) is 4.21. The Balaban J connectivity index is 1.74. The van der Waals surface area contributed by atoms with E-state index in [0.29, 0.717) is 18.0 Å². The third-order valence-corrected chi connectivity index (χ3v) is 5.57. The molecule has 1 fully saturated rings. The minimum absolute atomic E-state index is 0.228. The fourth-order valence-electron chi connectivity index (χ4n) is 3.49. The summed E-state index contributed by atoms with van der Waals surface area (Å²) in [6.07, 6.45) is 2.96. The van der Waals surface area contributed by atoms with Gasteiger partial charge in [0.05, 0.1) is 17.5 Å². The van der Waals surface area contributed by atoms with Crippen molar-refractivity contribution < 1.29 is 14.7 Å². The molecule has 1 aromatic carbocycles. The van der Waals surface area contributed by atoms with Gasteiger partial charge in [0.25, 0.3) is 0 Å². The first kappa shape index (κ1) is 17.6. The van der Waals surface area contributed by atoms with Crippen LogP contribution in [-0.4, -0.2) is 22.0 Å². The Kier molecular flexibility index (Phi) is 5.18. The topological polar surface area (TPSA) is 79.3 Å². The van der Waals surface area contributed by atoms with Crippen LogP contribution in [0.15, 0.2) is 23.6 Å². The zero-order chi connectivity index (χ0) is 18.0. The Labute approximate surface area is 151 Å². The molecule has 2 N–H and O–H groups in total. The molecule has 25 heavy (non-hydrogen) atoms. The number of benzene rings is 1. The predicted octanol–water partition coefficient (Wildman–Crippen LogP) is 4.26. The summed E-state index contributed by atoms with van der Waals surface area (Å²) in [5, 5.41) is 14.6. The normalized spacial score (nSPS) is 20.2. The summed E-state index contributed by atoms with van der Waals surface area (Å²) in [5.74, 6) is -2.17. The highest BCUT2D eigenvalue weighted by Crippen LogP contribution is 2.33. The largest absolute Gasteiger partial charge is 0.481 e. The van der Waals surface area contributed by atoms with E-state index in [1.807, 2.05) is 31.4 Å². The number of nitrogens with one attached hydrogen (secondary N) is 1. The van der Waals surface area contributed by atoms with E-state index in [9.17, 15) is 14.7 Å². The van der Waals surface area contributed by atoms with E-state index in [1.54, 1.807) is 0 Å². The van der Waals surface area contributed by atoms with Crippen LogP contribution >= 0.6 is 11.3 Å². The number of carbonyl (C=O) groups excluding carboxylic acids is 1. The van der Waals surface area contributed by atoms with Crippen LogP contribution < -0.4 is 5.32 Å². The first-order valence-electron chi connectivity index (χ1n) is 8.52. The van der Waals surface area contributed by atoms with Crippen LogP contribution in [0, 0.1) is 25.7 Å². The molecule has 0 radical (unpaired) electrons. The first-order chi connectivity index (χ1) is 12.0. The summed E-state index contributed by atoms with van der Waals surface area (Å²) in [4.78, 5) is 28.4. The summed E-state index contributed by atoms with van der Waals surface area (Å²) in [7, 11) is 0. The summed E-state index contributed by atoms with van der Waals surface area (Å²) in [6.45, 7) is 4.09. The van der Waals surface area contributed by atoms with Gasteiger partial charge in [-0.2, -0.15) is 0 Å². The molecule has 0 bridgehead atoms. The van der Waals surface area contributed by atoms with Crippen LogP contribution in [0.3, 0.4) is 0 Å². The van der Waals surface area contributed by atoms with Gasteiger partial charge in [-0.15, -0.1) is 11.3 Å². The highest BCUT2D eigenvalue weighted by Gasteiger charge is 2.35. The van der Waals surface area contributed by atoms with Crippen molar-refractivity contribution in [1.82, 2.24) is 4.98 Å². The summed E-state index contributed by atoms with van der Waals surface area (Å²) in [6, 6.07) is 6.18. The SMILES string of the molecule is Cc1ccc(-c2csc(NC(=O)C3CCCCC3C(=O)O)n2)c(C)c1. The number of amides is 1. The maximum Gasteiger partial charge on any atom is 0.307 e. The summed E-state index contributed by atoms with van der Waals surface area (Å²) < 4.78 is 0. The van der Waals surface area contributed by atoms with Crippen molar-refractivity contribution in [3.63, 3.8) is 0 Å². The van der Waals surface area contributed by atoms with Gasteiger partial charge in [0.15, 0.2) is 5.13 Å². The molecule has 0 saturated heterocycles. The van der Waals surface area contributed by atoms with E-state index in [1.165, 1.54) is 16.9 Å². The van der Waals surface area contributed by atoms with Crippen LogP contribution in [0.25, 0.3) is 11.3 Å². The number of aromatic nitrogens is 1. The Morgan fingerprint density at radius 2 is 1.92 bits per heavy atom. The molecule has 132 valence electrons. The predicted molar refractivity (Wildman–Crippen MR) is 98.7 cm³/mol. The van der Waals surface area contributed by atoms with Crippen LogP contribution in [0.1, 0.15) is 36.8 Å². The van der Waals surface area contributed by atoms with Gasteiger partial charge < -0.3 is 10.4 Å². The van der Waals surface area contributed by atoms with Crippen LogP contribution in [-0.2, 0) is 9.59 Å². The van der Waals surface area contributed by atoms with Crippen molar-refractivity contribution in [2.45, 2.75) is 39.5 Å². The second-order valence-electron chi connectivity index (χ2n) is 6.68. The van der Waals surface area contributed by atoms with E-state index in [0.717, 1.165) is 29.7 Å². The van der Waals surface area contributed by atoms with Gasteiger partial charge in [0.1, 0.15) is 0 Å². The van der Waals surface area contributed by atoms with Crippen molar-refractivity contribution in [2.24, 2.45) is 11.8 Å². The maximum atomic E-state index is 12.5. The monoisotopic (exact) mass is 358 g/mol. The molecule has 1 amide bonds. The molecule has 1 aromatic heterocycles. The number of thiazole rings is 1. The molecule has 2 atom stereocenters. The Hall–Kier alpha value is -2.21. The lowest BCUT2D eigenvalue weighted by atomic mass is 9.79. The van der Waals surface area contributed by atoms with Gasteiger partial charge in [0.2, 0.25) is 5.91 Å². The lowest BCUT2D eigenvalue weighted by Gasteiger charge is -2.26. The fraction of sp³-hybridized carbons (Fsp3) is 0.421. The molecule has 5 nitrogen and oxygen atoms in total. The molecule has 0 aliphatic heterocycles. The van der Waals surface area contributed by atoms with Crippen molar-refractivity contribution in [3.05, 3.63) is 34.7 Å². The van der Waals surface area contributed by atoms with Gasteiger partial charge in [-0.05, 0) is 32.3 Å². The second-order valence-corrected chi connectivity index (χ2v) is 7.54. The van der Waals surface area contributed by atoms with Crippen molar-refractivity contribution >= 4 is 28.3 Å². The quantitative estimate of drug-likeness (QED) is 0.856. The number of carboxylic acids is 1. The van der Waals surface area contributed by atoms with Crippen LogP contribution in [0.4, 0.5) is 5.13 Å². The van der Waals surface area contributed by atoms with E-state index in [4.69, 9.17) is 0 Å². The maximum absolute atomic E-state index is 12.5. The van der Waals surface area contributed by atoms with Gasteiger partial charge in [-0.3, -0.25) is 9.59 Å². The number of nitrogens with zero attached hydrogens (tertiary/aromatic N) is 1. The molecule has 0 spiro atoms. The standard InChI is InChI=1S/C19H22N2O3S/c1-11-7-8-13(12(2)9-11)16-10-25-19(20-16)21-17(22)14-5-3-4-6-15(14)18(23)24/h7-10,14-15H,3-6H2,1-2H3,(H,23,24)(H,20,21,22). The van der Waals surface area contributed by atoms with Crippen molar-refractivity contribution in [2.75, 3.05) is 5.32 Å². The van der Waals surface area contributed by atoms with Crippen molar-refractivity contribution in [3.8, 4) is 11.3 Å². The van der Waals surface area contributed by atoms with Crippen molar-refractivity contribution in [1.29, 1.82) is 0 Å². The Morgan fingerprint density at radius 3 is 2.60 bits per heavy atom. The van der Waals surface area contributed by atoms with E-state index < -0.39 is 17.8 Å². The third kappa shape index (κ3) is 3.90. The van der Waals surface area contributed by atoms with Gasteiger partial charge in [-0.25, -0.2) is 4.98 Å². The Bertz CT molecular complexity index is 800. The first-order valence-corrected chi connectivity index (χ1v) is 9.40. The van der Waals surface area contributed by atoms with E-state index in [-0.39, 0.29) is 5.91 Å². The number of anilines is 1. The van der Waals surface area contributed by atoms with Crippen LogP contribution in [0.2, 0.25) is 0 Å². The number of aryl methyl sites for hydroxylation is 2. The molecule has 1 aliphatic carbocycles. The Morgan fingerprint density at radius 1 is 1.20 bits per heavy atom. The number of carbonyl (C=O) groups is 2. The fourth-order valence-corrected chi connectivity index (χ4v) is 4.21. The minimum atomic E-state index is -0.880. The molecular weight excluding hydrogens is 336 g/mol. The smallest absolute Gasteiger partial charge is 0.307 e. The number of rotatable bonds is 4.